The number of aliphatic hydroxyl groups excluding tert-OH is 2. The van der Waals surface area contributed by atoms with Crippen molar-refractivity contribution in [1.29, 1.82) is 0 Å². The summed E-state index contributed by atoms with van der Waals surface area (Å²) in [6, 6.07) is 2.10. The van der Waals surface area contributed by atoms with Gasteiger partial charge in [0.1, 0.15) is 17.1 Å². The number of hydrogen-bond acceptors (Lipinski definition) is 11. The molecular weight excluding hydrogens is 558 g/mol. The van der Waals surface area contributed by atoms with Crippen molar-refractivity contribution < 1.29 is 39.6 Å². The number of aromatic hydroxyl groups is 1. The highest BCUT2D eigenvalue weighted by molar-refractivity contribution is 6.25. The van der Waals surface area contributed by atoms with E-state index in [2.05, 4.69) is 10.6 Å². The second-order valence-electron chi connectivity index (χ2n) is 12.4. The Labute approximate surface area is 249 Å². The molecule has 0 bridgehead atoms. The summed E-state index contributed by atoms with van der Waals surface area (Å²) < 4.78 is 0. The molecule has 1 saturated heterocycles. The quantitative estimate of drug-likeness (QED) is 0.188. The molecule has 13 heteroatoms. The van der Waals surface area contributed by atoms with Crippen LogP contribution in [0.1, 0.15) is 35.2 Å². The van der Waals surface area contributed by atoms with Crippen molar-refractivity contribution in [3.8, 4) is 5.75 Å². The number of rotatable bonds is 7. The number of anilines is 1. The highest BCUT2D eigenvalue weighted by atomic mass is 16.3. The molecule has 5 rings (SSSR count). The van der Waals surface area contributed by atoms with Crippen LogP contribution in [-0.2, 0) is 20.8 Å². The molecule has 0 radical (unpaired) electrons. The summed E-state index contributed by atoms with van der Waals surface area (Å²) in [5, 5.41) is 51.1. The third-order valence-electron chi connectivity index (χ3n) is 8.97. The molecule has 2 unspecified atom stereocenters. The summed E-state index contributed by atoms with van der Waals surface area (Å²) in [6.45, 7) is 1.74. The van der Waals surface area contributed by atoms with E-state index in [1.54, 1.807) is 44.1 Å². The van der Waals surface area contributed by atoms with E-state index < -0.39 is 69.7 Å². The fraction of sp³-hybridized carbons (Fsp3) is 0.533. The number of allylic oxidation sites excluding steroid dienone is 1. The number of nitrogens with zero attached hydrogens (tertiary/aromatic N) is 3. The molecule has 1 aromatic rings. The lowest BCUT2D eigenvalue weighted by atomic mass is 9.58. The fourth-order valence-electron chi connectivity index (χ4n) is 7.00. The van der Waals surface area contributed by atoms with E-state index in [1.165, 1.54) is 6.07 Å². The number of aliphatic hydroxyl groups is 3. The molecule has 232 valence electrons. The summed E-state index contributed by atoms with van der Waals surface area (Å²) >= 11 is 0. The molecule has 2 amide bonds. The standard InChI is InChI=1S/C30H39N5O8/c1-33(2)13-19(36)32-18-8-7-15-11-16-12-17-23(34(3)4)26(39)22(29(42)31-14-35-9-5-6-10-35)28(41)30(17,43)27(40)21(16)25(38)20(15)24(18)37/h7-8,16-17,23,37,39-40,43H,5-6,9-14H2,1-4H3,(H,31,42)(H,32,36)/t16?,17?,23-,30-/m0/s1. The lowest BCUT2D eigenvalue weighted by Gasteiger charge is -2.50. The fourth-order valence-corrected chi connectivity index (χ4v) is 7.00. The van der Waals surface area contributed by atoms with Gasteiger partial charge in [0.15, 0.2) is 17.1 Å². The number of nitrogens with one attached hydrogen (secondary N) is 2. The van der Waals surface area contributed by atoms with Crippen molar-refractivity contribution in [2.75, 3.05) is 59.8 Å². The Hall–Kier alpha value is -3.78. The second kappa shape index (κ2) is 11.4. The molecule has 43 heavy (non-hydrogen) atoms. The van der Waals surface area contributed by atoms with E-state index in [4.69, 9.17) is 0 Å². The number of amides is 2. The number of carbonyl (C=O) groups excluding carboxylic acids is 4. The summed E-state index contributed by atoms with van der Waals surface area (Å²) in [4.78, 5) is 58.6. The van der Waals surface area contributed by atoms with E-state index in [1.807, 2.05) is 4.90 Å². The molecule has 4 atom stereocenters. The molecule has 6 N–H and O–H groups in total. The first-order valence-corrected chi connectivity index (χ1v) is 14.4. The predicted octanol–water partition coefficient (Wildman–Crippen LogP) is 0.305. The third-order valence-corrected chi connectivity index (χ3v) is 8.97. The maximum atomic E-state index is 13.9. The molecule has 13 nitrogen and oxygen atoms in total. The molecule has 4 aliphatic rings. The van der Waals surface area contributed by atoms with Crippen LogP contribution in [0.5, 0.6) is 5.75 Å². The lowest BCUT2D eigenvalue weighted by Crippen LogP contribution is -2.64. The maximum Gasteiger partial charge on any atom is 0.259 e. The van der Waals surface area contributed by atoms with E-state index in [0.717, 1.165) is 25.9 Å². The van der Waals surface area contributed by atoms with Crippen LogP contribution in [-0.4, -0.2) is 125 Å². The molecule has 3 aliphatic carbocycles. The van der Waals surface area contributed by atoms with Gasteiger partial charge in [-0.15, -0.1) is 0 Å². The highest BCUT2D eigenvalue weighted by Crippen LogP contribution is 2.52. The number of likely N-dealkylation sites (tertiary alicyclic amines) is 1. The minimum absolute atomic E-state index is 0.0103. The molecule has 0 spiro atoms. The number of likely N-dealkylation sites (N-methyl/N-ethyl adjacent to an activating group) is 2. The number of phenols is 1. The topological polar surface area (TPSA) is 183 Å². The SMILES string of the molecule is CN(C)CC(=O)Nc1ccc2c(c1O)C(=O)C1=C(O)[C@]3(O)C(=O)C(C(=O)NCN4CCCC4)=C(O)[C@@H](N(C)C)C3CC1C2. The van der Waals surface area contributed by atoms with E-state index >= 15 is 0 Å². The Morgan fingerprint density at radius 1 is 1.07 bits per heavy atom. The average molecular weight is 598 g/mol. The van der Waals surface area contributed by atoms with Crippen molar-refractivity contribution in [1.82, 2.24) is 20.0 Å². The molecule has 1 heterocycles. The van der Waals surface area contributed by atoms with Crippen LogP contribution in [0.4, 0.5) is 5.69 Å². The number of phenolic OH excluding ortho intramolecular Hbond substituents is 1. The minimum Gasteiger partial charge on any atom is -0.510 e. The van der Waals surface area contributed by atoms with Gasteiger partial charge in [-0.3, -0.25) is 29.0 Å². The Balaban J connectivity index is 1.54. The van der Waals surface area contributed by atoms with Crippen LogP contribution < -0.4 is 10.6 Å². The summed E-state index contributed by atoms with van der Waals surface area (Å²) in [6.07, 6.45) is 2.18. The van der Waals surface area contributed by atoms with Crippen LogP contribution >= 0.6 is 0 Å². The summed E-state index contributed by atoms with van der Waals surface area (Å²) in [5.41, 5.74) is -3.23. The molecule has 0 aromatic heterocycles. The van der Waals surface area contributed by atoms with E-state index in [9.17, 15) is 39.6 Å². The first-order chi connectivity index (χ1) is 20.3. The zero-order chi connectivity index (χ0) is 31.4. The zero-order valence-corrected chi connectivity index (χ0v) is 24.8. The maximum absolute atomic E-state index is 13.9. The Bertz CT molecular complexity index is 1440. The van der Waals surface area contributed by atoms with Gasteiger partial charge < -0.3 is 36.0 Å². The van der Waals surface area contributed by atoms with Gasteiger partial charge in [0, 0.05) is 11.5 Å². The van der Waals surface area contributed by atoms with Gasteiger partial charge in [-0.2, -0.15) is 0 Å². The molecule has 1 aromatic carbocycles. The van der Waals surface area contributed by atoms with Crippen LogP contribution in [0.2, 0.25) is 0 Å². The van der Waals surface area contributed by atoms with Gasteiger partial charge in [0.05, 0.1) is 30.5 Å². The van der Waals surface area contributed by atoms with Crippen molar-refractivity contribution in [2.24, 2.45) is 11.8 Å². The molecule has 1 aliphatic heterocycles. The number of hydrogen-bond donors (Lipinski definition) is 6. The van der Waals surface area contributed by atoms with Gasteiger partial charge in [0.2, 0.25) is 11.7 Å². The van der Waals surface area contributed by atoms with Crippen LogP contribution in [0.15, 0.2) is 34.8 Å². The van der Waals surface area contributed by atoms with Crippen LogP contribution in [0.25, 0.3) is 0 Å². The Kier molecular flexibility index (Phi) is 8.11. The van der Waals surface area contributed by atoms with Crippen molar-refractivity contribution in [3.63, 3.8) is 0 Å². The second-order valence-corrected chi connectivity index (χ2v) is 12.4. The predicted molar refractivity (Wildman–Crippen MR) is 155 cm³/mol. The van der Waals surface area contributed by atoms with Gasteiger partial charge >= 0.3 is 0 Å². The van der Waals surface area contributed by atoms with Crippen molar-refractivity contribution >= 4 is 29.1 Å². The van der Waals surface area contributed by atoms with Gasteiger partial charge in [-0.25, -0.2) is 0 Å². The molecular formula is C30H39N5O8. The molecule has 0 saturated carbocycles. The summed E-state index contributed by atoms with van der Waals surface area (Å²) in [7, 11) is 6.66. The zero-order valence-electron chi connectivity index (χ0n) is 24.8. The van der Waals surface area contributed by atoms with Gasteiger partial charge in [0.25, 0.3) is 5.91 Å². The van der Waals surface area contributed by atoms with Crippen LogP contribution in [0, 0.1) is 11.8 Å². The monoisotopic (exact) mass is 597 g/mol. The largest absolute Gasteiger partial charge is 0.510 e. The highest BCUT2D eigenvalue weighted by Gasteiger charge is 2.63. The van der Waals surface area contributed by atoms with Gasteiger partial charge in [-0.05, 0) is 84.5 Å². The van der Waals surface area contributed by atoms with Crippen molar-refractivity contribution in [2.45, 2.75) is 37.3 Å². The Morgan fingerprint density at radius 3 is 2.37 bits per heavy atom. The normalized spacial score (nSPS) is 27.4. The first-order valence-electron chi connectivity index (χ1n) is 14.4. The average Bonchev–Trinajstić information content (AvgIpc) is 3.44. The van der Waals surface area contributed by atoms with E-state index in [-0.39, 0.29) is 42.9 Å². The number of benzene rings is 1. The smallest absolute Gasteiger partial charge is 0.259 e. The number of Topliss-reactive ketones (excluding diaryl/α,β-unsaturated/α-hetero) is 2. The number of ketones is 2. The summed E-state index contributed by atoms with van der Waals surface area (Å²) in [5.74, 6) is -6.87. The van der Waals surface area contributed by atoms with Crippen LogP contribution in [0.3, 0.4) is 0 Å². The third kappa shape index (κ3) is 5.09. The number of fused-ring (bicyclic) bond motifs is 3. The number of carbonyl (C=O) groups is 4. The Morgan fingerprint density at radius 2 is 1.74 bits per heavy atom. The van der Waals surface area contributed by atoms with Gasteiger partial charge in [-0.1, -0.05) is 6.07 Å². The van der Waals surface area contributed by atoms with Crippen molar-refractivity contribution in [3.05, 3.63) is 45.9 Å². The molecule has 1 fully saturated rings. The minimum atomic E-state index is -2.67. The van der Waals surface area contributed by atoms with E-state index in [0.29, 0.717) is 5.56 Å². The first kappa shape index (κ1) is 30.7. The lowest BCUT2D eigenvalue weighted by molar-refractivity contribution is -0.148.